The number of hydrogen-bond donors (Lipinski definition) is 2. The molecule has 94 valence electrons. The number of ether oxygens (including phenoxy) is 1. The number of nitrogens with zero attached hydrogens (tertiary/aromatic N) is 1. The van der Waals surface area contributed by atoms with Crippen molar-refractivity contribution in [2.24, 2.45) is 5.92 Å². The molecule has 2 aliphatic heterocycles. The monoisotopic (exact) mass is 245 g/mol. The van der Waals surface area contributed by atoms with E-state index in [2.05, 4.69) is 21.7 Å². The van der Waals surface area contributed by atoms with Gasteiger partial charge in [-0.2, -0.15) is 0 Å². The first-order valence-corrected chi connectivity index (χ1v) is 6.06. The van der Waals surface area contributed by atoms with Gasteiger partial charge in [-0.3, -0.25) is 4.79 Å². The predicted molar refractivity (Wildman–Crippen MR) is 67.5 cm³/mol. The minimum absolute atomic E-state index is 0.192. The van der Waals surface area contributed by atoms with Gasteiger partial charge < -0.3 is 15.4 Å². The number of amides is 1. The zero-order valence-electron chi connectivity index (χ0n) is 10.2. The molecule has 5 nitrogen and oxygen atoms in total. The van der Waals surface area contributed by atoms with Crippen LogP contribution in [0.4, 0.5) is 0 Å². The van der Waals surface area contributed by atoms with Gasteiger partial charge in [0, 0.05) is 31.6 Å². The maximum Gasteiger partial charge on any atom is 0.269 e. The Bertz CT molecular complexity index is 525. The molecular formula is C13H15N3O2. The molecule has 1 aromatic heterocycles. The minimum Gasteiger partial charge on any atom is -0.477 e. The number of nitrogens with one attached hydrogen (secondary N) is 2. The SMILES string of the molecule is CNC(=O)c1ccc2c(n1)OC[C@H]1CNCC=C21. The van der Waals surface area contributed by atoms with E-state index in [1.165, 1.54) is 5.57 Å². The van der Waals surface area contributed by atoms with Crippen LogP contribution >= 0.6 is 0 Å². The minimum atomic E-state index is -0.192. The number of rotatable bonds is 1. The fraction of sp³-hybridized carbons (Fsp3) is 0.385. The Hall–Kier alpha value is -1.88. The number of aromatic nitrogens is 1. The van der Waals surface area contributed by atoms with Crippen LogP contribution in [-0.4, -0.2) is 37.6 Å². The van der Waals surface area contributed by atoms with Crippen LogP contribution in [0.5, 0.6) is 5.88 Å². The number of carbonyl (C=O) groups excluding carboxylic acids is 1. The second kappa shape index (κ2) is 4.42. The summed E-state index contributed by atoms with van der Waals surface area (Å²) in [6, 6.07) is 3.67. The molecule has 0 saturated heterocycles. The average Bonchev–Trinajstić information content (AvgIpc) is 2.45. The predicted octanol–water partition coefficient (Wildman–Crippen LogP) is 0.436. The molecule has 2 aliphatic rings. The third-order valence-corrected chi connectivity index (χ3v) is 3.35. The lowest BCUT2D eigenvalue weighted by Crippen LogP contribution is -2.35. The second-order valence-corrected chi connectivity index (χ2v) is 4.45. The van der Waals surface area contributed by atoms with E-state index in [0.717, 1.165) is 18.7 Å². The normalized spacial score (nSPS) is 21.2. The lowest BCUT2D eigenvalue weighted by atomic mass is 9.89. The molecule has 5 heteroatoms. The average molecular weight is 245 g/mol. The molecule has 0 fully saturated rings. The smallest absolute Gasteiger partial charge is 0.269 e. The van der Waals surface area contributed by atoms with Gasteiger partial charge in [0.2, 0.25) is 5.88 Å². The summed E-state index contributed by atoms with van der Waals surface area (Å²) in [6.07, 6.45) is 2.18. The van der Waals surface area contributed by atoms with Crippen molar-refractivity contribution in [2.45, 2.75) is 0 Å². The quantitative estimate of drug-likeness (QED) is 0.753. The van der Waals surface area contributed by atoms with Gasteiger partial charge in [-0.15, -0.1) is 0 Å². The van der Waals surface area contributed by atoms with Crippen molar-refractivity contribution in [1.29, 1.82) is 0 Å². The molecule has 3 rings (SSSR count). The highest BCUT2D eigenvalue weighted by molar-refractivity contribution is 5.92. The van der Waals surface area contributed by atoms with Crippen LogP contribution < -0.4 is 15.4 Å². The van der Waals surface area contributed by atoms with E-state index in [1.54, 1.807) is 13.1 Å². The van der Waals surface area contributed by atoms with Gasteiger partial charge in [0.15, 0.2) is 0 Å². The Labute approximate surface area is 105 Å². The van der Waals surface area contributed by atoms with Gasteiger partial charge in [0.05, 0.1) is 6.61 Å². The van der Waals surface area contributed by atoms with Crippen molar-refractivity contribution in [3.8, 4) is 5.88 Å². The molecule has 1 atom stereocenters. The Morgan fingerprint density at radius 3 is 3.28 bits per heavy atom. The van der Waals surface area contributed by atoms with E-state index >= 15 is 0 Å². The molecule has 0 radical (unpaired) electrons. The summed E-state index contributed by atoms with van der Waals surface area (Å²) in [5.74, 6) is 0.766. The first-order valence-electron chi connectivity index (χ1n) is 6.06. The Balaban J connectivity index is 2.01. The van der Waals surface area contributed by atoms with Crippen LogP contribution in [0.25, 0.3) is 5.57 Å². The molecule has 0 aromatic carbocycles. The van der Waals surface area contributed by atoms with Crippen LogP contribution in [0.2, 0.25) is 0 Å². The first kappa shape index (κ1) is 11.2. The third-order valence-electron chi connectivity index (χ3n) is 3.35. The van der Waals surface area contributed by atoms with Crippen molar-refractivity contribution < 1.29 is 9.53 Å². The van der Waals surface area contributed by atoms with Crippen LogP contribution in [-0.2, 0) is 0 Å². The molecular weight excluding hydrogens is 230 g/mol. The molecule has 18 heavy (non-hydrogen) atoms. The van der Waals surface area contributed by atoms with Crippen molar-refractivity contribution in [3.63, 3.8) is 0 Å². The fourth-order valence-corrected chi connectivity index (χ4v) is 2.40. The number of hydrogen-bond acceptors (Lipinski definition) is 4. The molecule has 1 aromatic rings. The summed E-state index contributed by atoms with van der Waals surface area (Å²) in [7, 11) is 1.59. The largest absolute Gasteiger partial charge is 0.477 e. The van der Waals surface area contributed by atoms with E-state index in [1.807, 2.05) is 6.07 Å². The lowest BCUT2D eigenvalue weighted by Gasteiger charge is -2.30. The molecule has 3 heterocycles. The zero-order valence-corrected chi connectivity index (χ0v) is 10.2. The van der Waals surface area contributed by atoms with Crippen molar-refractivity contribution in [3.05, 3.63) is 29.5 Å². The van der Waals surface area contributed by atoms with E-state index in [4.69, 9.17) is 4.74 Å². The third kappa shape index (κ3) is 1.76. The number of fused-ring (bicyclic) bond motifs is 3. The van der Waals surface area contributed by atoms with Gasteiger partial charge in [0.25, 0.3) is 5.91 Å². The Morgan fingerprint density at radius 1 is 1.56 bits per heavy atom. The van der Waals surface area contributed by atoms with Crippen LogP contribution in [0, 0.1) is 5.92 Å². The molecule has 0 bridgehead atoms. The summed E-state index contributed by atoms with van der Waals surface area (Å²) in [5.41, 5.74) is 2.69. The number of pyridine rings is 1. The maximum absolute atomic E-state index is 11.5. The summed E-state index contributed by atoms with van der Waals surface area (Å²) >= 11 is 0. The van der Waals surface area contributed by atoms with Gasteiger partial charge in [0.1, 0.15) is 5.69 Å². The maximum atomic E-state index is 11.5. The molecule has 0 spiro atoms. The van der Waals surface area contributed by atoms with Crippen LogP contribution in [0.15, 0.2) is 18.2 Å². The summed E-state index contributed by atoms with van der Waals surface area (Å²) in [6.45, 7) is 2.43. The van der Waals surface area contributed by atoms with Gasteiger partial charge in [-0.25, -0.2) is 4.98 Å². The second-order valence-electron chi connectivity index (χ2n) is 4.45. The van der Waals surface area contributed by atoms with Crippen LogP contribution in [0.1, 0.15) is 16.1 Å². The lowest BCUT2D eigenvalue weighted by molar-refractivity contribution is 0.0956. The Kier molecular flexibility index (Phi) is 2.76. The standard InChI is InChI=1S/C13H15N3O2/c1-14-12(17)11-3-2-10-9-4-5-15-6-8(9)7-18-13(10)16-11/h2-4,8,15H,5-7H2,1H3,(H,14,17)/t8-/m1/s1. The fourth-order valence-electron chi connectivity index (χ4n) is 2.40. The van der Waals surface area contributed by atoms with Crippen molar-refractivity contribution in [1.82, 2.24) is 15.6 Å². The van der Waals surface area contributed by atoms with E-state index in [-0.39, 0.29) is 5.91 Å². The zero-order chi connectivity index (χ0) is 12.5. The van der Waals surface area contributed by atoms with Gasteiger partial charge >= 0.3 is 0 Å². The Morgan fingerprint density at radius 2 is 2.44 bits per heavy atom. The summed E-state index contributed by atoms with van der Waals surface area (Å²) in [5, 5.41) is 5.88. The number of carbonyl (C=O) groups is 1. The topological polar surface area (TPSA) is 63.2 Å². The highest BCUT2D eigenvalue weighted by atomic mass is 16.5. The molecule has 2 N–H and O–H groups in total. The first-order chi connectivity index (χ1) is 8.79. The molecule has 0 saturated carbocycles. The highest BCUT2D eigenvalue weighted by Gasteiger charge is 2.28. The molecule has 0 aliphatic carbocycles. The van der Waals surface area contributed by atoms with E-state index < -0.39 is 0 Å². The van der Waals surface area contributed by atoms with E-state index in [9.17, 15) is 4.79 Å². The van der Waals surface area contributed by atoms with Crippen molar-refractivity contribution in [2.75, 3.05) is 26.7 Å². The van der Waals surface area contributed by atoms with E-state index in [0.29, 0.717) is 24.1 Å². The summed E-state index contributed by atoms with van der Waals surface area (Å²) < 4.78 is 5.66. The van der Waals surface area contributed by atoms with Crippen LogP contribution in [0.3, 0.4) is 0 Å². The molecule has 1 amide bonds. The van der Waals surface area contributed by atoms with Gasteiger partial charge in [-0.05, 0) is 17.7 Å². The van der Waals surface area contributed by atoms with Crippen molar-refractivity contribution >= 4 is 11.5 Å². The van der Waals surface area contributed by atoms with Gasteiger partial charge in [-0.1, -0.05) is 6.08 Å². The summed E-state index contributed by atoms with van der Waals surface area (Å²) in [4.78, 5) is 15.8. The molecule has 0 unspecified atom stereocenters. The highest BCUT2D eigenvalue weighted by Crippen LogP contribution is 2.35.